The van der Waals surface area contributed by atoms with Crippen molar-refractivity contribution >= 4 is 22.0 Å². The quantitative estimate of drug-likeness (QED) is 0.469. The lowest BCUT2D eigenvalue weighted by molar-refractivity contribution is -0.141. The monoisotopic (exact) mass is 443 g/mol. The predicted molar refractivity (Wildman–Crippen MR) is 105 cm³/mol. The van der Waals surface area contributed by atoms with Crippen LogP contribution in [0.4, 0.5) is 9.18 Å². The Bertz CT molecular complexity index is 893. The minimum Gasteiger partial charge on any atom is -0.465 e. The van der Waals surface area contributed by atoms with E-state index >= 15 is 0 Å². The van der Waals surface area contributed by atoms with E-state index in [1.807, 2.05) is 0 Å². The van der Waals surface area contributed by atoms with Gasteiger partial charge in [0.2, 0.25) is 10.0 Å². The number of nitrogens with zero attached hydrogens (tertiary/aromatic N) is 2. The van der Waals surface area contributed by atoms with Crippen molar-refractivity contribution in [2.75, 3.05) is 31.9 Å². The van der Waals surface area contributed by atoms with Crippen LogP contribution < -0.4 is 5.48 Å². The second kappa shape index (κ2) is 8.86. The number of nitrogens with one attached hydrogen (secondary N) is 1. The highest BCUT2D eigenvalue weighted by Gasteiger charge is 2.47. The highest BCUT2D eigenvalue weighted by molar-refractivity contribution is 7.89. The molecule has 0 spiro atoms. The van der Waals surface area contributed by atoms with Gasteiger partial charge in [-0.3, -0.25) is 10.0 Å². The maximum Gasteiger partial charge on any atom is 0.407 e. The van der Waals surface area contributed by atoms with E-state index in [4.69, 9.17) is 10.3 Å². The van der Waals surface area contributed by atoms with Crippen molar-refractivity contribution in [2.24, 2.45) is 5.41 Å². The Morgan fingerprint density at radius 3 is 2.27 bits per heavy atom. The Hall–Kier alpha value is -2.24. The summed E-state index contributed by atoms with van der Waals surface area (Å²) in [5.41, 5.74) is 0.725. The Labute approximate surface area is 174 Å². The second-order valence-electron chi connectivity index (χ2n) is 7.94. The van der Waals surface area contributed by atoms with E-state index in [1.54, 1.807) is 23.7 Å². The minimum absolute atomic E-state index is 0.00336. The number of rotatable bonds is 5. The summed E-state index contributed by atoms with van der Waals surface area (Å²) in [5.74, 6) is -1.71. The van der Waals surface area contributed by atoms with Gasteiger partial charge in [0.15, 0.2) is 0 Å². The molecule has 0 bridgehead atoms. The first-order chi connectivity index (χ1) is 14.2. The van der Waals surface area contributed by atoms with E-state index in [1.165, 1.54) is 10.4 Å². The summed E-state index contributed by atoms with van der Waals surface area (Å²) in [4.78, 5) is 24.6. The van der Waals surface area contributed by atoms with Crippen molar-refractivity contribution < 1.29 is 32.7 Å². The van der Waals surface area contributed by atoms with Gasteiger partial charge < -0.3 is 10.0 Å². The van der Waals surface area contributed by atoms with Crippen LogP contribution in [-0.2, 0) is 14.8 Å². The van der Waals surface area contributed by atoms with Gasteiger partial charge in [-0.2, -0.15) is 0 Å². The molecule has 2 saturated heterocycles. The molecule has 0 radical (unpaired) electrons. The van der Waals surface area contributed by atoms with E-state index in [9.17, 15) is 22.4 Å². The molecule has 3 N–H and O–H groups in total. The first-order valence-electron chi connectivity index (χ1n) is 9.83. The lowest BCUT2D eigenvalue weighted by Gasteiger charge is -2.40. The van der Waals surface area contributed by atoms with E-state index < -0.39 is 33.2 Å². The first-order valence-corrected chi connectivity index (χ1v) is 11.4. The molecule has 2 aliphatic heterocycles. The fourth-order valence-corrected chi connectivity index (χ4v) is 6.44. The Kier molecular flexibility index (Phi) is 6.63. The van der Waals surface area contributed by atoms with Crippen LogP contribution in [0.3, 0.4) is 0 Å². The maximum absolute atomic E-state index is 14.0. The minimum atomic E-state index is -3.85. The van der Waals surface area contributed by atoms with Crippen LogP contribution in [0.1, 0.15) is 37.2 Å². The van der Waals surface area contributed by atoms with Gasteiger partial charge >= 0.3 is 6.09 Å². The lowest BCUT2D eigenvalue weighted by atomic mass is 9.79. The van der Waals surface area contributed by atoms with E-state index in [-0.39, 0.29) is 50.8 Å². The number of carbonyl (C=O) groups excluding carboxylic acids is 1. The van der Waals surface area contributed by atoms with Crippen LogP contribution in [0, 0.1) is 11.2 Å². The summed E-state index contributed by atoms with van der Waals surface area (Å²) >= 11 is 0. The zero-order valence-electron chi connectivity index (χ0n) is 16.5. The highest BCUT2D eigenvalue weighted by Crippen LogP contribution is 2.36. The van der Waals surface area contributed by atoms with Gasteiger partial charge in [-0.25, -0.2) is 27.4 Å². The van der Waals surface area contributed by atoms with Crippen LogP contribution in [-0.4, -0.2) is 71.9 Å². The lowest BCUT2D eigenvalue weighted by Crippen LogP contribution is -2.54. The molecule has 3 rings (SSSR count). The number of hydroxylamine groups is 1. The third kappa shape index (κ3) is 4.57. The molecule has 0 atom stereocenters. The van der Waals surface area contributed by atoms with E-state index in [0.717, 1.165) is 4.90 Å². The number of carboxylic acid groups (broad SMARTS) is 1. The number of carbonyl (C=O) groups is 2. The number of hydrogen-bond donors (Lipinski definition) is 3. The summed E-state index contributed by atoms with van der Waals surface area (Å²) in [5, 5.41) is 18.2. The average molecular weight is 443 g/mol. The topological polar surface area (TPSA) is 127 Å². The summed E-state index contributed by atoms with van der Waals surface area (Å²) < 4.78 is 41.5. The smallest absolute Gasteiger partial charge is 0.407 e. The molecule has 1 aromatic rings. The molecule has 1 aromatic carbocycles. The fraction of sp³-hybridized carbons (Fsp3) is 0.579. The maximum atomic E-state index is 14.0. The largest absolute Gasteiger partial charge is 0.465 e. The number of hydrogen-bond acceptors (Lipinski definition) is 5. The molecule has 2 amide bonds. The van der Waals surface area contributed by atoms with Gasteiger partial charge in [0.25, 0.3) is 5.91 Å². The number of benzene rings is 1. The Balaban J connectivity index is 1.69. The molecule has 0 unspecified atom stereocenters. The Morgan fingerprint density at radius 2 is 1.73 bits per heavy atom. The van der Waals surface area contributed by atoms with Crippen molar-refractivity contribution in [3.8, 4) is 0 Å². The SMILES string of the molecule is O=C(O)N1CCC(CS(=O)(=O)N2CCC(c3ccccc3F)CC2)(C(=O)NO)CC1. The molecular weight excluding hydrogens is 417 g/mol. The zero-order chi connectivity index (χ0) is 21.9. The second-order valence-corrected chi connectivity index (χ2v) is 9.91. The van der Waals surface area contributed by atoms with Gasteiger partial charge in [0.1, 0.15) is 5.82 Å². The van der Waals surface area contributed by atoms with E-state index in [0.29, 0.717) is 18.4 Å². The Morgan fingerprint density at radius 1 is 1.13 bits per heavy atom. The average Bonchev–Trinajstić information content (AvgIpc) is 2.73. The van der Waals surface area contributed by atoms with Crippen LogP contribution in [0.5, 0.6) is 0 Å². The molecule has 9 nitrogen and oxygen atoms in total. The van der Waals surface area contributed by atoms with Gasteiger partial charge in [-0.1, -0.05) is 18.2 Å². The van der Waals surface area contributed by atoms with Gasteiger partial charge in [0.05, 0.1) is 11.2 Å². The molecule has 2 heterocycles. The van der Waals surface area contributed by atoms with Crippen molar-refractivity contribution in [1.29, 1.82) is 0 Å². The normalized spacial score (nSPS) is 20.7. The number of amides is 2. The van der Waals surface area contributed by atoms with Crippen molar-refractivity contribution in [3.05, 3.63) is 35.6 Å². The first kappa shape index (κ1) is 22.4. The zero-order valence-corrected chi connectivity index (χ0v) is 17.3. The summed E-state index contributed by atoms with van der Waals surface area (Å²) in [6.07, 6.45) is -0.211. The molecule has 0 saturated carbocycles. The third-order valence-corrected chi connectivity index (χ3v) is 8.29. The van der Waals surface area contributed by atoms with Crippen LogP contribution in [0.2, 0.25) is 0 Å². The third-order valence-electron chi connectivity index (χ3n) is 6.23. The van der Waals surface area contributed by atoms with Gasteiger partial charge in [-0.05, 0) is 43.2 Å². The van der Waals surface area contributed by atoms with Crippen LogP contribution >= 0.6 is 0 Å². The highest BCUT2D eigenvalue weighted by atomic mass is 32.2. The van der Waals surface area contributed by atoms with Crippen molar-refractivity contribution in [1.82, 2.24) is 14.7 Å². The standard InChI is InChI=1S/C19H26FN3O6S/c20-16-4-2-1-3-15(16)14-5-9-23(10-6-14)30(28,29)13-19(17(24)21-27)7-11-22(12-8-19)18(25)26/h1-4,14,27H,5-13H2,(H,21,24)(H,25,26). The van der Waals surface area contributed by atoms with Gasteiger partial charge in [0, 0.05) is 26.2 Å². The molecule has 2 aliphatic rings. The number of halogens is 1. The van der Waals surface area contributed by atoms with Crippen LogP contribution in [0.25, 0.3) is 0 Å². The molecule has 30 heavy (non-hydrogen) atoms. The number of likely N-dealkylation sites (tertiary alicyclic amines) is 1. The molecular formula is C19H26FN3O6S. The predicted octanol–water partition coefficient (Wildman–Crippen LogP) is 1.60. The van der Waals surface area contributed by atoms with Crippen molar-refractivity contribution in [3.63, 3.8) is 0 Å². The number of sulfonamides is 1. The summed E-state index contributed by atoms with van der Waals surface area (Å²) in [7, 11) is -3.85. The van der Waals surface area contributed by atoms with Crippen LogP contribution in [0.15, 0.2) is 24.3 Å². The van der Waals surface area contributed by atoms with Gasteiger partial charge in [-0.15, -0.1) is 0 Å². The molecule has 11 heteroatoms. The molecule has 0 aliphatic carbocycles. The summed E-state index contributed by atoms with van der Waals surface area (Å²) in [6, 6.07) is 6.46. The summed E-state index contributed by atoms with van der Waals surface area (Å²) in [6.45, 7) is 0.431. The molecule has 2 fully saturated rings. The fourth-order valence-electron chi connectivity index (χ4n) is 4.37. The number of piperidine rings is 2. The van der Waals surface area contributed by atoms with Crippen molar-refractivity contribution in [2.45, 2.75) is 31.6 Å². The van der Waals surface area contributed by atoms with E-state index in [2.05, 4.69) is 0 Å². The molecule has 0 aromatic heterocycles. The molecule has 166 valence electrons.